The van der Waals surface area contributed by atoms with Gasteiger partial charge in [-0.25, -0.2) is 0 Å². The molecule has 0 saturated heterocycles. The summed E-state index contributed by atoms with van der Waals surface area (Å²) >= 11 is 1.89. The third-order valence-corrected chi connectivity index (χ3v) is 4.80. The van der Waals surface area contributed by atoms with Crippen LogP contribution in [0.5, 0.6) is 0 Å². The van der Waals surface area contributed by atoms with Crippen LogP contribution in [0.25, 0.3) is 0 Å². The lowest BCUT2D eigenvalue weighted by molar-refractivity contribution is -0.384. The maximum atomic E-state index is 10.9. The second kappa shape index (κ2) is 6.28. The molecular formula is C14H20N2O2S. The number of thioether (sulfide) groups is 1. The highest BCUT2D eigenvalue weighted by atomic mass is 32.2. The highest BCUT2D eigenvalue weighted by molar-refractivity contribution is 7.99. The number of nitrogens with one attached hydrogen (secondary N) is 1. The number of nitro benzene ring substituents is 1. The predicted octanol–water partition coefficient (Wildman–Crippen LogP) is 3.99. The summed E-state index contributed by atoms with van der Waals surface area (Å²) in [5.74, 6) is 0. The van der Waals surface area contributed by atoms with Crippen molar-refractivity contribution in [3.05, 3.63) is 33.9 Å². The average molecular weight is 280 g/mol. The molecule has 0 radical (unpaired) electrons. The highest BCUT2D eigenvalue weighted by Crippen LogP contribution is 2.30. The highest BCUT2D eigenvalue weighted by Gasteiger charge is 2.24. The van der Waals surface area contributed by atoms with Gasteiger partial charge in [-0.15, -0.1) is 0 Å². The maximum absolute atomic E-state index is 10.9. The van der Waals surface area contributed by atoms with Gasteiger partial charge in [-0.1, -0.05) is 12.8 Å². The molecule has 1 fully saturated rings. The minimum absolute atomic E-state index is 0.166. The van der Waals surface area contributed by atoms with Gasteiger partial charge in [-0.3, -0.25) is 10.1 Å². The molecule has 1 N–H and O–H groups in total. The molecule has 2 atom stereocenters. The maximum Gasteiger partial charge on any atom is 0.271 e. The van der Waals surface area contributed by atoms with Gasteiger partial charge in [0.25, 0.3) is 5.69 Å². The lowest BCUT2D eigenvalue weighted by atomic mass is 9.94. The van der Waals surface area contributed by atoms with Crippen LogP contribution in [0.2, 0.25) is 0 Å². The van der Waals surface area contributed by atoms with Gasteiger partial charge >= 0.3 is 0 Å². The van der Waals surface area contributed by atoms with Crippen molar-refractivity contribution in [1.29, 1.82) is 0 Å². The second-order valence-corrected chi connectivity index (χ2v) is 6.20. The summed E-state index contributed by atoms with van der Waals surface area (Å²) in [6.07, 6.45) is 7.05. The molecule has 1 aliphatic rings. The van der Waals surface area contributed by atoms with E-state index < -0.39 is 0 Å². The Hall–Kier alpha value is -1.23. The summed E-state index contributed by atoms with van der Waals surface area (Å²) in [6, 6.07) is 5.65. The third kappa shape index (κ3) is 3.62. The molecule has 2 rings (SSSR count). The van der Waals surface area contributed by atoms with Gasteiger partial charge in [0.1, 0.15) is 0 Å². The van der Waals surface area contributed by atoms with Crippen LogP contribution in [0.3, 0.4) is 0 Å². The van der Waals surface area contributed by atoms with Crippen molar-refractivity contribution in [3.63, 3.8) is 0 Å². The van der Waals surface area contributed by atoms with Crippen molar-refractivity contribution in [2.24, 2.45) is 0 Å². The summed E-state index contributed by atoms with van der Waals surface area (Å²) in [4.78, 5) is 10.6. The lowest BCUT2D eigenvalue weighted by Crippen LogP contribution is -2.34. The molecule has 2 unspecified atom stereocenters. The van der Waals surface area contributed by atoms with Gasteiger partial charge in [0.2, 0.25) is 0 Å². The minimum atomic E-state index is -0.328. The Labute approximate surface area is 118 Å². The van der Waals surface area contributed by atoms with E-state index in [0.717, 1.165) is 17.7 Å². The Morgan fingerprint density at radius 1 is 1.32 bits per heavy atom. The molecular weight excluding hydrogens is 260 g/mol. The summed E-state index contributed by atoms with van der Waals surface area (Å²) < 4.78 is 0. The summed E-state index contributed by atoms with van der Waals surface area (Å²) in [5.41, 5.74) is 1.96. The van der Waals surface area contributed by atoms with Gasteiger partial charge in [0.15, 0.2) is 0 Å². The van der Waals surface area contributed by atoms with Crippen LogP contribution in [-0.4, -0.2) is 22.5 Å². The van der Waals surface area contributed by atoms with E-state index in [-0.39, 0.29) is 10.6 Å². The van der Waals surface area contributed by atoms with E-state index in [4.69, 9.17) is 0 Å². The van der Waals surface area contributed by atoms with E-state index in [2.05, 4.69) is 11.6 Å². The Morgan fingerprint density at radius 2 is 2.05 bits per heavy atom. The number of non-ortho nitro benzene ring substituents is 1. The Kier molecular flexibility index (Phi) is 4.69. The first-order chi connectivity index (χ1) is 9.10. The first-order valence-corrected chi connectivity index (χ1v) is 7.94. The number of nitro groups is 1. The van der Waals surface area contributed by atoms with Crippen LogP contribution >= 0.6 is 11.8 Å². The molecule has 1 aliphatic carbocycles. The van der Waals surface area contributed by atoms with E-state index in [1.165, 1.54) is 19.3 Å². The molecule has 0 bridgehead atoms. The molecule has 19 heavy (non-hydrogen) atoms. The zero-order valence-corrected chi connectivity index (χ0v) is 12.2. The molecule has 0 spiro atoms. The SMILES string of the molecule is CSC1CCCCC1Nc1cc(C)cc([N+](=O)[O-])c1. The smallest absolute Gasteiger partial charge is 0.271 e. The standard InChI is InChI=1S/C14H20N2O2S/c1-10-7-11(9-12(8-10)16(17)18)15-13-5-3-4-6-14(13)19-2/h7-9,13-15H,3-6H2,1-2H3. The van der Waals surface area contributed by atoms with Crippen LogP contribution in [0.1, 0.15) is 31.2 Å². The molecule has 1 saturated carbocycles. The van der Waals surface area contributed by atoms with Crippen molar-refractivity contribution in [2.45, 2.75) is 43.9 Å². The zero-order valence-electron chi connectivity index (χ0n) is 11.4. The van der Waals surface area contributed by atoms with Gasteiger partial charge in [0, 0.05) is 29.1 Å². The van der Waals surface area contributed by atoms with Gasteiger partial charge in [0.05, 0.1) is 4.92 Å². The van der Waals surface area contributed by atoms with Crippen LogP contribution in [0.15, 0.2) is 18.2 Å². The molecule has 1 aromatic carbocycles. The number of benzene rings is 1. The van der Waals surface area contributed by atoms with E-state index in [0.29, 0.717) is 11.3 Å². The molecule has 0 aromatic heterocycles. The monoisotopic (exact) mass is 280 g/mol. The Morgan fingerprint density at radius 3 is 2.74 bits per heavy atom. The fourth-order valence-electron chi connectivity index (χ4n) is 2.71. The van der Waals surface area contributed by atoms with E-state index in [1.807, 2.05) is 24.8 Å². The lowest BCUT2D eigenvalue weighted by Gasteiger charge is -2.31. The fraction of sp³-hybridized carbons (Fsp3) is 0.571. The topological polar surface area (TPSA) is 55.2 Å². The number of nitrogens with zero attached hydrogens (tertiary/aromatic N) is 1. The third-order valence-electron chi connectivity index (χ3n) is 3.63. The quantitative estimate of drug-likeness (QED) is 0.669. The molecule has 4 nitrogen and oxygen atoms in total. The summed E-state index contributed by atoms with van der Waals surface area (Å²) in [7, 11) is 0. The van der Waals surface area contributed by atoms with Crippen LogP contribution < -0.4 is 5.32 Å². The van der Waals surface area contributed by atoms with Gasteiger partial charge in [-0.05, 0) is 37.7 Å². The van der Waals surface area contributed by atoms with E-state index in [9.17, 15) is 10.1 Å². The van der Waals surface area contributed by atoms with Crippen molar-refractivity contribution in [3.8, 4) is 0 Å². The largest absolute Gasteiger partial charge is 0.381 e. The molecule has 104 valence electrons. The Bertz CT molecular complexity index is 465. The number of aryl methyl sites for hydroxylation is 1. The van der Waals surface area contributed by atoms with E-state index in [1.54, 1.807) is 12.1 Å². The Balaban J connectivity index is 2.15. The number of anilines is 1. The summed E-state index contributed by atoms with van der Waals surface area (Å²) in [6.45, 7) is 1.89. The molecule has 5 heteroatoms. The minimum Gasteiger partial charge on any atom is -0.381 e. The first-order valence-electron chi connectivity index (χ1n) is 6.65. The number of hydrogen-bond donors (Lipinski definition) is 1. The fourth-order valence-corrected chi connectivity index (χ4v) is 3.64. The number of rotatable bonds is 4. The van der Waals surface area contributed by atoms with E-state index >= 15 is 0 Å². The van der Waals surface area contributed by atoms with Crippen molar-refractivity contribution in [2.75, 3.05) is 11.6 Å². The zero-order chi connectivity index (χ0) is 13.8. The van der Waals surface area contributed by atoms with Crippen molar-refractivity contribution < 1.29 is 4.92 Å². The van der Waals surface area contributed by atoms with Gasteiger partial charge < -0.3 is 5.32 Å². The van der Waals surface area contributed by atoms with Crippen LogP contribution in [0.4, 0.5) is 11.4 Å². The van der Waals surface area contributed by atoms with Crippen molar-refractivity contribution >= 4 is 23.1 Å². The van der Waals surface area contributed by atoms with Crippen molar-refractivity contribution in [1.82, 2.24) is 0 Å². The number of hydrogen-bond acceptors (Lipinski definition) is 4. The normalized spacial score (nSPS) is 23.1. The molecule has 0 aliphatic heterocycles. The second-order valence-electron chi connectivity index (χ2n) is 5.12. The molecule has 0 amide bonds. The predicted molar refractivity (Wildman–Crippen MR) is 81.0 cm³/mol. The summed E-state index contributed by atoms with van der Waals surface area (Å²) in [5, 5.41) is 15.0. The molecule has 1 aromatic rings. The van der Waals surface area contributed by atoms with Crippen LogP contribution in [0, 0.1) is 17.0 Å². The first kappa shape index (κ1) is 14.2. The van der Waals surface area contributed by atoms with Gasteiger partial charge in [-0.2, -0.15) is 11.8 Å². The van der Waals surface area contributed by atoms with Crippen LogP contribution in [-0.2, 0) is 0 Å². The molecule has 0 heterocycles. The average Bonchev–Trinajstić information content (AvgIpc) is 2.38.